The second-order valence-corrected chi connectivity index (χ2v) is 4.40. The summed E-state index contributed by atoms with van der Waals surface area (Å²) in [6.45, 7) is 4.25. The summed E-state index contributed by atoms with van der Waals surface area (Å²) in [7, 11) is 0. The van der Waals surface area contributed by atoms with Gasteiger partial charge < -0.3 is 5.32 Å². The average Bonchev–Trinajstić information content (AvgIpc) is 2.37. The molecule has 0 saturated carbocycles. The summed E-state index contributed by atoms with van der Waals surface area (Å²) < 4.78 is 0. The second-order valence-electron chi connectivity index (χ2n) is 4.40. The lowest BCUT2D eigenvalue weighted by Gasteiger charge is -2.17. The molecule has 0 spiro atoms. The molecule has 0 aliphatic heterocycles. The van der Waals surface area contributed by atoms with Gasteiger partial charge in [0.2, 0.25) is 5.91 Å². The molecule has 0 aliphatic rings. The maximum absolute atomic E-state index is 11.7. The van der Waals surface area contributed by atoms with Gasteiger partial charge in [-0.1, -0.05) is 57.0 Å². The van der Waals surface area contributed by atoms with E-state index in [0.29, 0.717) is 6.42 Å². The Morgan fingerprint density at radius 1 is 1.18 bits per heavy atom. The van der Waals surface area contributed by atoms with Crippen LogP contribution < -0.4 is 5.32 Å². The van der Waals surface area contributed by atoms with Crippen LogP contribution in [0.3, 0.4) is 0 Å². The van der Waals surface area contributed by atoms with Gasteiger partial charge in [-0.05, 0) is 18.4 Å². The minimum atomic E-state index is 0.158. The topological polar surface area (TPSA) is 29.1 Å². The van der Waals surface area contributed by atoms with Crippen LogP contribution in [0, 0.1) is 0 Å². The predicted octanol–water partition coefficient (Wildman–Crippen LogP) is 3.83. The smallest absolute Gasteiger partial charge is 0.220 e. The zero-order valence-electron chi connectivity index (χ0n) is 10.9. The number of nitrogens with one attached hydrogen (secondary N) is 1. The van der Waals surface area contributed by atoms with E-state index in [9.17, 15) is 4.79 Å². The SMILES string of the molecule is CCCCCC(=O)NC(CC)c1ccccc1. The van der Waals surface area contributed by atoms with E-state index in [1.165, 1.54) is 5.56 Å². The second kappa shape index (κ2) is 7.88. The fraction of sp³-hybridized carbons (Fsp3) is 0.533. The summed E-state index contributed by atoms with van der Waals surface area (Å²) in [6, 6.07) is 10.3. The molecule has 0 saturated heterocycles. The maximum atomic E-state index is 11.7. The van der Waals surface area contributed by atoms with Gasteiger partial charge in [-0.2, -0.15) is 0 Å². The van der Waals surface area contributed by atoms with Crippen molar-refractivity contribution in [2.75, 3.05) is 0 Å². The highest BCUT2D eigenvalue weighted by atomic mass is 16.1. The van der Waals surface area contributed by atoms with Crippen LogP contribution >= 0.6 is 0 Å². The highest BCUT2D eigenvalue weighted by molar-refractivity contribution is 5.76. The standard InChI is InChI=1S/C15H23NO/c1-3-5-7-12-15(17)16-14(4-2)13-10-8-6-9-11-13/h6,8-11,14H,3-5,7,12H2,1-2H3,(H,16,17). The Bertz CT molecular complexity index is 321. The number of carbonyl (C=O) groups is 1. The van der Waals surface area contributed by atoms with Crippen molar-refractivity contribution in [1.29, 1.82) is 0 Å². The summed E-state index contributed by atoms with van der Waals surface area (Å²) in [6.07, 6.45) is 4.87. The van der Waals surface area contributed by atoms with Gasteiger partial charge in [0.15, 0.2) is 0 Å². The van der Waals surface area contributed by atoms with Crippen molar-refractivity contribution >= 4 is 5.91 Å². The Hall–Kier alpha value is -1.31. The Morgan fingerprint density at radius 3 is 2.47 bits per heavy atom. The number of hydrogen-bond acceptors (Lipinski definition) is 1. The van der Waals surface area contributed by atoms with E-state index in [2.05, 4.69) is 31.3 Å². The molecule has 0 aliphatic carbocycles. The molecule has 1 amide bonds. The van der Waals surface area contributed by atoms with E-state index in [1.807, 2.05) is 18.2 Å². The van der Waals surface area contributed by atoms with Crippen LogP contribution in [0.2, 0.25) is 0 Å². The highest BCUT2D eigenvalue weighted by Gasteiger charge is 2.11. The van der Waals surface area contributed by atoms with Crippen LogP contribution in [-0.4, -0.2) is 5.91 Å². The van der Waals surface area contributed by atoms with Crippen LogP contribution in [0.1, 0.15) is 57.6 Å². The van der Waals surface area contributed by atoms with Crippen molar-refractivity contribution in [2.24, 2.45) is 0 Å². The largest absolute Gasteiger partial charge is 0.349 e. The van der Waals surface area contributed by atoms with Gasteiger partial charge in [0.1, 0.15) is 0 Å². The van der Waals surface area contributed by atoms with E-state index >= 15 is 0 Å². The third-order valence-electron chi connectivity index (χ3n) is 2.95. The van der Waals surface area contributed by atoms with Crippen LogP contribution in [-0.2, 0) is 4.79 Å². The molecule has 0 fully saturated rings. The summed E-state index contributed by atoms with van der Waals surface area (Å²) in [5.41, 5.74) is 1.19. The van der Waals surface area contributed by atoms with Gasteiger partial charge >= 0.3 is 0 Å². The number of amides is 1. The van der Waals surface area contributed by atoms with Crippen molar-refractivity contribution in [2.45, 2.75) is 52.0 Å². The van der Waals surface area contributed by atoms with Crippen LogP contribution in [0.4, 0.5) is 0 Å². The molecular weight excluding hydrogens is 210 g/mol. The van der Waals surface area contributed by atoms with Crippen molar-refractivity contribution in [3.63, 3.8) is 0 Å². The third kappa shape index (κ3) is 5.03. The van der Waals surface area contributed by atoms with E-state index in [-0.39, 0.29) is 11.9 Å². The van der Waals surface area contributed by atoms with E-state index in [1.54, 1.807) is 0 Å². The fourth-order valence-electron chi connectivity index (χ4n) is 1.91. The molecule has 94 valence electrons. The van der Waals surface area contributed by atoms with Gasteiger partial charge in [-0.15, -0.1) is 0 Å². The molecule has 0 aromatic heterocycles. The van der Waals surface area contributed by atoms with Gasteiger partial charge in [0.25, 0.3) is 0 Å². The molecule has 0 heterocycles. The van der Waals surface area contributed by atoms with Gasteiger partial charge in [0, 0.05) is 6.42 Å². The van der Waals surface area contributed by atoms with Crippen molar-refractivity contribution in [1.82, 2.24) is 5.32 Å². The normalized spacial score (nSPS) is 12.1. The Labute approximate surface area is 104 Å². The lowest BCUT2D eigenvalue weighted by atomic mass is 10.0. The molecule has 1 rings (SSSR count). The molecule has 1 aromatic carbocycles. The lowest BCUT2D eigenvalue weighted by molar-refractivity contribution is -0.122. The summed E-state index contributed by atoms with van der Waals surface area (Å²) in [5.74, 6) is 0.175. The monoisotopic (exact) mass is 233 g/mol. The number of benzene rings is 1. The third-order valence-corrected chi connectivity index (χ3v) is 2.95. The van der Waals surface area contributed by atoms with Crippen LogP contribution in [0.5, 0.6) is 0 Å². The predicted molar refractivity (Wildman–Crippen MR) is 71.8 cm³/mol. The first-order valence-electron chi connectivity index (χ1n) is 6.62. The minimum absolute atomic E-state index is 0.158. The molecule has 1 N–H and O–H groups in total. The van der Waals surface area contributed by atoms with E-state index < -0.39 is 0 Å². The molecule has 2 nitrogen and oxygen atoms in total. The quantitative estimate of drug-likeness (QED) is 0.712. The van der Waals surface area contributed by atoms with Crippen molar-refractivity contribution < 1.29 is 4.79 Å². The van der Waals surface area contributed by atoms with Crippen molar-refractivity contribution in [3.05, 3.63) is 35.9 Å². The number of hydrogen-bond donors (Lipinski definition) is 1. The van der Waals surface area contributed by atoms with Crippen molar-refractivity contribution in [3.8, 4) is 0 Å². The summed E-state index contributed by atoms with van der Waals surface area (Å²) in [4.78, 5) is 11.7. The molecule has 1 aromatic rings. The van der Waals surface area contributed by atoms with E-state index in [0.717, 1.165) is 25.7 Å². The number of carbonyl (C=O) groups excluding carboxylic acids is 1. The summed E-state index contributed by atoms with van der Waals surface area (Å²) >= 11 is 0. The minimum Gasteiger partial charge on any atom is -0.349 e. The molecule has 1 atom stereocenters. The maximum Gasteiger partial charge on any atom is 0.220 e. The molecule has 1 unspecified atom stereocenters. The Kier molecular flexibility index (Phi) is 6.38. The molecular formula is C15H23NO. The number of unbranched alkanes of at least 4 members (excludes halogenated alkanes) is 2. The first-order valence-corrected chi connectivity index (χ1v) is 6.62. The molecule has 0 radical (unpaired) electrons. The fourth-order valence-corrected chi connectivity index (χ4v) is 1.91. The van der Waals surface area contributed by atoms with Crippen LogP contribution in [0.25, 0.3) is 0 Å². The van der Waals surface area contributed by atoms with E-state index in [4.69, 9.17) is 0 Å². The molecule has 2 heteroatoms. The zero-order valence-corrected chi connectivity index (χ0v) is 10.9. The Balaban J connectivity index is 2.44. The Morgan fingerprint density at radius 2 is 1.88 bits per heavy atom. The number of rotatable bonds is 7. The van der Waals surface area contributed by atoms with Gasteiger partial charge in [0.05, 0.1) is 6.04 Å². The first-order chi connectivity index (χ1) is 8.27. The molecule has 0 bridgehead atoms. The van der Waals surface area contributed by atoms with Gasteiger partial charge in [-0.25, -0.2) is 0 Å². The average molecular weight is 233 g/mol. The molecule has 17 heavy (non-hydrogen) atoms. The van der Waals surface area contributed by atoms with Gasteiger partial charge in [-0.3, -0.25) is 4.79 Å². The zero-order chi connectivity index (χ0) is 12.5. The highest BCUT2D eigenvalue weighted by Crippen LogP contribution is 2.16. The first kappa shape index (κ1) is 13.8. The van der Waals surface area contributed by atoms with Crippen LogP contribution in [0.15, 0.2) is 30.3 Å². The lowest BCUT2D eigenvalue weighted by Crippen LogP contribution is -2.27. The summed E-state index contributed by atoms with van der Waals surface area (Å²) in [5, 5.41) is 3.10.